The molecule has 2 rings (SSSR count). The molecule has 0 aliphatic carbocycles. The van der Waals surface area contributed by atoms with E-state index in [0.717, 1.165) is 10.9 Å². The van der Waals surface area contributed by atoms with Gasteiger partial charge in [-0.1, -0.05) is 11.6 Å². The molecule has 1 atom stereocenters. The zero-order valence-corrected chi connectivity index (χ0v) is 13.2. The number of benzene rings is 1. The molecule has 6 heteroatoms. The van der Waals surface area contributed by atoms with Gasteiger partial charge < -0.3 is 9.54 Å². The van der Waals surface area contributed by atoms with Crippen molar-refractivity contribution >= 4 is 33.9 Å². The summed E-state index contributed by atoms with van der Waals surface area (Å²) in [6, 6.07) is 7.06. The van der Waals surface area contributed by atoms with Gasteiger partial charge in [-0.3, -0.25) is 4.79 Å². The predicted octanol–water partition coefficient (Wildman–Crippen LogP) is 2.73. The third kappa shape index (κ3) is 3.55. The number of aromatic amines is 1. The third-order valence-electron chi connectivity index (χ3n) is 2.83. The fourth-order valence-corrected chi connectivity index (χ4v) is 2.61. The molecule has 0 spiro atoms. The van der Waals surface area contributed by atoms with Crippen molar-refractivity contribution in [3.8, 4) is 0 Å². The molecule has 108 valence electrons. The van der Waals surface area contributed by atoms with Crippen LogP contribution in [0.1, 0.15) is 26.3 Å². The van der Waals surface area contributed by atoms with Crippen LogP contribution in [0, 0.1) is 0 Å². The van der Waals surface area contributed by atoms with E-state index in [2.05, 4.69) is 9.71 Å². The number of hydrogen-bond acceptors (Lipinski definition) is 3. The first kappa shape index (κ1) is 15.4. The molecule has 1 heterocycles. The zero-order chi connectivity index (χ0) is 14.9. The summed E-state index contributed by atoms with van der Waals surface area (Å²) < 4.78 is 14.4. The number of pyridine rings is 1. The Kier molecular flexibility index (Phi) is 4.44. The van der Waals surface area contributed by atoms with E-state index >= 15 is 0 Å². The van der Waals surface area contributed by atoms with Gasteiger partial charge in [0.25, 0.3) is 5.56 Å². The van der Waals surface area contributed by atoms with Crippen LogP contribution >= 0.6 is 11.6 Å². The van der Waals surface area contributed by atoms with Crippen LogP contribution in [0.5, 0.6) is 0 Å². The Morgan fingerprint density at radius 3 is 2.70 bits per heavy atom. The van der Waals surface area contributed by atoms with Crippen molar-refractivity contribution in [1.29, 1.82) is 0 Å². The van der Waals surface area contributed by atoms with E-state index in [1.165, 1.54) is 0 Å². The van der Waals surface area contributed by atoms with Crippen LogP contribution < -0.4 is 10.3 Å². The first-order valence-electron chi connectivity index (χ1n) is 6.24. The summed E-state index contributed by atoms with van der Waals surface area (Å²) in [5.74, 6) is 0. The van der Waals surface area contributed by atoms with E-state index in [1.807, 2.05) is 20.8 Å². The van der Waals surface area contributed by atoms with Gasteiger partial charge in [-0.15, -0.1) is 4.72 Å². The first-order valence-corrected chi connectivity index (χ1v) is 7.77. The largest absolute Gasteiger partial charge is 0.598 e. The zero-order valence-electron chi connectivity index (χ0n) is 11.6. The van der Waals surface area contributed by atoms with Crippen molar-refractivity contribution in [1.82, 2.24) is 9.71 Å². The number of nitrogens with one attached hydrogen (secondary N) is 2. The lowest BCUT2D eigenvalue weighted by atomic mass is 10.1. The minimum atomic E-state index is -1.21. The van der Waals surface area contributed by atoms with Gasteiger partial charge in [-0.25, -0.2) is 0 Å². The average Bonchev–Trinajstić information content (AvgIpc) is 2.35. The lowest BCUT2D eigenvalue weighted by Gasteiger charge is -2.23. The van der Waals surface area contributed by atoms with Gasteiger partial charge in [0.15, 0.2) is 0 Å². The molecule has 0 amide bonds. The van der Waals surface area contributed by atoms with Crippen molar-refractivity contribution in [2.24, 2.45) is 0 Å². The third-order valence-corrected chi connectivity index (χ3v) is 4.59. The van der Waals surface area contributed by atoms with E-state index in [0.29, 0.717) is 10.6 Å². The van der Waals surface area contributed by atoms with E-state index in [9.17, 15) is 9.35 Å². The van der Waals surface area contributed by atoms with E-state index in [4.69, 9.17) is 11.6 Å². The van der Waals surface area contributed by atoms with Crippen LogP contribution in [0.2, 0.25) is 5.02 Å². The molecule has 4 nitrogen and oxygen atoms in total. The van der Waals surface area contributed by atoms with Gasteiger partial charge in [-0.2, -0.15) is 0 Å². The van der Waals surface area contributed by atoms with Crippen molar-refractivity contribution in [3.63, 3.8) is 0 Å². The van der Waals surface area contributed by atoms with E-state index < -0.39 is 11.4 Å². The minimum absolute atomic E-state index is 0.182. The second-order valence-electron chi connectivity index (χ2n) is 5.56. The Bertz CT molecular complexity index is 679. The second-order valence-corrected chi connectivity index (χ2v) is 8.04. The van der Waals surface area contributed by atoms with Crippen LogP contribution in [0.3, 0.4) is 0 Å². The van der Waals surface area contributed by atoms with Crippen LogP contribution in [-0.2, 0) is 17.9 Å². The molecule has 0 bridgehead atoms. The van der Waals surface area contributed by atoms with Crippen LogP contribution in [-0.4, -0.2) is 14.3 Å². The number of halogens is 1. The van der Waals surface area contributed by atoms with Gasteiger partial charge >= 0.3 is 0 Å². The van der Waals surface area contributed by atoms with Gasteiger partial charge in [0, 0.05) is 32.9 Å². The van der Waals surface area contributed by atoms with Crippen LogP contribution in [0.15, 0.2) is 29.1 Å². The van der Waals surface area contributed by atoms with Crippen molar-refractivity contribution in [3.05, 3.63) is 45.2 Å². The van der Waals surface area contributed by atoms with Crippen LogP contribution in [0.4, 0.5) is 0 Å². The Hall–Kier alpha value is -1.01. The van der Waals surface area contributed by atoms with E-state index in [-0.39, 0.29) is 16.9 Å². The highest BCUT2D eigenvalue weighted by atomic mass is 35.5. The summed E-state index contributed by atoms with van der Waals surface area (Å²) in [4.78, 5) is 14.7. The fourth-order valence-electron chi connectivity index (χ4n) is 1.71. The standard InChI is InChI=1S/C14H17ClN2O2S/c1-14(2,3)20(19)16-8-10-6-9-7-11(15)4-5-12(9)17-13(10)18/h4-7,16H,8H2,1-3H3,(H,17,18). The van der Waals surface area contributed by atoms with Crippen molar-refractivity contribution in [2.45, 2.75) is 32.1 Å². The molecule has 1 aromatic heterocycles. The Balaban J connectivity index is 2.26. The van der Waals surface area contributed by atoms with E-state index in [1.54, 1.807) is 24.3 Å². The summed E-state index contributed by atoms with van der Waals surface area (Å²) in [6.07, 6.45) is 0. The molecule has 20 heavy (non-hydrogen) atoms. The normalized spacial score (nSPS) is 13.7. The monoisotopic (exact) mass is 312 g/mol. The molecule has 0 saturated carbocycles. The molecular formula is C14H17ClN2O2S. The highest BCUT2D eigenvalue weighted by molar-refractivity contribution is 7.90. The number of H-pyrrole nitrogens is 1. The maximum Gasteiger partial charge on any atom is 0.253 e. The van der Waals surface area contributed by atoms with Gasteiger partial charge in [0.2, 0.25) is 0 Å². The van der Waals surface area contributed by atoms with Gasteiger partial charge in [0.05, 0.1) is 6.54 Å². The molecule has 0 saturated heterocycles. The Labute approximate surface area is 125 Å². The lowest BCUT2D eigenvalue weighted by molar-refractivity contribution is 0.544. The second kappa shape index (κ2) is 5.77. The first-order chi connectivity index (χ1) is 9.27. The van der Waals surface area contributed by atoms with Gasteiger partial charge in [-0.05, 0) is 45.0 Å². The average molecular weight is 313 g/mol. The highest BCUT2D eigenvalue weighted by Crippen LogP contribution is 2.18. The molecule has 1 unspecified atom stereocenters. The fraction of sp³-hybridized carbons (Fsp3) is 0.357. The number of hydrogen-bond donors (Lipinski definition) is 2. The van der Waals surface area contributed by atoms with Crippen LogP contribution in [0.25, 0.3) is 10.9 Å². The molecule has 0 fully saturated rings. The maximum atomic E-state index is 12.0. The summed E-state index contributed by atoms with van der Waals surface area (Å²) in [5.41, 5.74) is 1.09. The number of aromatic nitrogens is 1. The molecule has 2 aromatic rings. The molecule has 2 N–H and O–H groups in total. The Morgan fingerprint density at radius 1 is 1.35 bits per heavy atom. The SMILES string of the molecule is CC(C)(C)[S+]([O-])NCc1cc2cc(Cl)ccc2[nH]c1=O. The van der Waals surface area contributed by atoms with Crippen molar-refractivity contribution in [2.75, 3.05) is 0 Å². The molecule has 0 aliphatic rings. The smallest absolute Gasteiger partial charge is 0.253 e. The number of rotatable bonds is 3. The molecular weight excluding hydrogens is 296 g/mol. The quantitative estimate of drug-likeness (QED) is 0.856. The topological polar surface area (TPSA) is 67.9 Å². The summed E-state index contributed by atoms with van der Waals surface area (Å²) in [6.45, 7) is 5.88. The van der Waals surface area contributed by atoms with Crippen molar-refractivity contribution < 1.29 is 4.55 Å². The predicted molar refractivity (Wildman–Crippen MR) is 84.3 cm³/mol. The maximum absolute atomic E-state index is 12.0. The Morgan fingerprint density at radius 2 is 2.05 bits per heavy atom. The summed E-state index contributed by atoms with van der Waals surface area (Å²) in [5, 5.41) is 1.47. The highest BCUT2D eigenvalue weighted by Gasteiger charge is 2.26. The molecule has 0 aliphatic heterocycles. The number of fused-ring (bicyclic) bond motifs is 1. The lowest BCUT2D eigenvalue weighted by Crippen LogP contribution is -2.39. The molecule has 1 aromatic carbocycles. The van der Waals surface area contributed by atoms with Gasteiger partial charge in [0.1, 0.15) is 4.75 Å². The summed E-state index contributed by atoms with van der Waals surface area (Å²) >= 11 is 4.73. The summed E-state index contributed by atoms with van der Waals surface area (Å²) in [7, 11) is 0. The molecule has 0 radical (unpaired) electrons. The minimum Gasteiger partial charge on any atom is -0.598 e.